The molecular weight excluding hydrogens is 594 g/mol. The van der Waals surface area contributed by atoms with Gasteiger partial charge in [-0.15, -0.1) is 0 Å². The number of likely N-dealkylation sites (N-methyl/N-ethyl adjacent to an activating group) is 1. The molecule has 2 aliphatic heterocycles. The second-order valence-corrected chi connectivity index (χ2v) is 13.6. The molecule has 0 bridgehead atoms. The molecule has 254 valence electrons. The van der Waals surface area contributed by atoms with Gasteiger partial charge in [-0.1, -0.05) is 19.9 Å². The lowest BCUT2D eigenvalue weighted by atomic mass is 10.00. The van der Waals surface area contributed by atoms with Crippen LogP contribution >= 0.6 is 0 Å². The van der Waals surface area contributed by atoms with E-state index >= 15 is 0 Å². The molecule has 1 fully saturated rings. The number of carbonyl (C=O) groups excluding carboxylic acids is 2. The minimum atomic E-state index is -0.946. The quantitative estimate of drug-likeness (QED) is 0.215. The molecule has 2 aromatic rings. The molecule has 0 radical (unpaired) electrons. The van der Waals surface area contributed by atoms with Crippen LogP contribution in [0.2, 0.25) is 0 Å². The van der Waals surface area contributed by atoms with Crippen LogP contribution in [0.4, 0.5) is 5.69 Å². The maximum Gasteiger partial charge on any atom is 0.325 e. The van der Waals surface area contributed by atoms with Gasteiger partial charge in [-0.2, -0.15) is 5.10 Å². The van der Waals surface area contributed by atoms with E-state index in [1.807, 2.05) is 13.8 Å². The average molecular weight is 647 g/mol. The van der Waals surface area contributed by atoms with Gasteiger partial charge in [0.05, 0.1) is 35.8 Å². The summed E-state index contributed by atoms with van der Waals surface area (Å²) in [7, 11) is 2.17. The molecule has 3 N–H and O–H groups in total. The lowest BCUT2D eigenvalue weighted by Crippen LogP contribution is -2.55. The summed E-state index contributed by atoms with van der Waals surface area (Å²) in [5.41, 5.74) is 5.15. The summed E-state index contributed by atoms with van der Waals surface area (Å²) in [5.74, 6) is -1.38. The molecule has 0 aromatic carbocycles. The number of aliphatic carboxylic acids is 1. The number of pyridine rings is 1. The minimum absolute atomic E-state index is 0.00738. The number of nitrogens with one attached hydrogen (secondary N) is 2. The number of amides is 2. The molecular formula is C36H52N7O4+. The summed E-state index contributed by atoms with van der Waals surface area (Å²) in [6, 6.07) is 1.79. The zero-order chi connectivity index (χ0) is 34.5. The Morgan fingerprint density at radius 2 is 1.94 bits per heavy atom. The second-order valence-electron chi connectivity index (χ2n) is 13.6. The largest absolute Gasteiger partial charge is 0.480 e. The van der Waals surface area contributed by atoms with Gasteiger partial charge in [-0.25, -0.2) is 0 Å². The highest BCUT2D eigenvalue weighted by Gasteiger charge is 2.41. The first-order chi connectivity index (χ1) is 22.2. The molecule has 11 heteroatoms. The highest BCUT2D eigenvalue weighted by molar-refractivity contribution is 6.04. The zero-order valence-corrected chi connectivity index (χ0v) is 29.3. The van der Waals surface area contributed by atoms with E-state index in [4.69, 9.17) is 5.11 Å². The highest BCUT2D eigenvalue weighted by atomic mass is 16.4. The number of aromatic nitrogens is 3. The summed E-state index contributed by atoms with van der Waals surface area (Å²) in [4.78, 5) is 44.9. The van der Waals surface area contributed by atoms with Crippen LogP contribution in [0.25, 0.3) is 5.57 Å². The first-order valence-corrected chi connectivity index (χ1v) is 16.7. The molecule has 4 rings (SSSR count). The van der Waals surface area contributed by atoms with Crippen LogP contribution in [0, 0.1) is 6.92 Å². The van der Waals surface area contributed by atoms with E-state index in [9.17, 15) is 14.4 Å². The van der Waals surface area contributed by atoms with E-state index < -0.39 is 5.97 Å². The third-order valence-corrected chi connectivity index (χ3v) is 10.2. The van der Waals surface area contributed by atoms with Crippen molar-refractivity contribution >= 4 is 29.0 Å². The van der Waals surface area contributed by atoms with Crippen LogP contribution in [0.5, 0.6) is 0 Å². The summed E-state index contributed by atoms with van der Waals surface area (Å²) in [5, 5.41) is 19.5. The number of allylic oxidation sites excluding steroid dienone is 3. The van der Waals surface area contributed by atoms with Gasteiger partial charge in [0, 0.05) is 49.4 Å². The van der Waals surface area contributed by atoms with Gasteiger partial charge < -0.3 is 15.7 Å². The predicted molar refractivity (Wildman–Crippen MR) is 185 cm³/mol. The second kappa shape index (κ2) is 14.8. The van der Waals surface area contributed by atoms with Crippen molar-refractivity contribution < 1.29 is 24.0 Å². The van der Waals surface area contributed by atoms with Crippen LogP contribution in [0.15, 0.2) is 54.2 Å². The monoisotopic (exact) mass is 646 g/mol. The fraction of sp³-hybridized carbons (Fsp3) is 0.528. The molecule has 4 heterocycles. The molecule has 2 amide bonds. The number of anilines is 1. The van der Waals surface area contributed by atoms with Crippen LogP contribution in [-0.2, 0) is 16.1 Å². The van der Waals surface area contributed by atoms with Crippen LogP contribution < -0.4 is 10.6 Å². The number of hydrogen-bond acceptors (Lipinski definition) is 6. The molecule has 0 saturated carbocycles. The Kier molecular flexibility index (Phi) is 11.2. The van der Waals surface area contributed by atoms with Gasteiger partial charge >= 0.3 is 5.97 Å². The number of rotatable bonds is 12. The number of likely N-dealkylation sites (tertiary alicyclic amines) is 1. The van der Waals surface area contributed by atoms with Crippen molar-refractivity contribution in [2.75, 3.05) is 32.0 Å². The molecule has 3 unspecified atom stereocenters. The number of nitrogens with zero attached hydrogens (tertiary/aromatic N) is 5. The fourth-order valence-corrected chi connectivity index (χ4v) is 7.14. The summed E-state index contributed by atoms with van der Waals surface area (Å²) >= 11 is 0. The van der Waals surface area contributed by atoms with Gasteiger partial charge in [-0.3, -0.25) is 33.4 Å². The van der Waals surface area contributed by atoms with Crippen molar-refractivity contribution in [1.82, 2.24) is 25.0 Å². The molecule has 11 nitrogen and oxygen atoms in total. The van der Waals surface area contributed by atoms with Gasteiger partial charge in [0.1, 0.15) is 24.3 Å². The van der Waals surface area contributed by atoms with Crippen molar-refractivity contribution in [3.63, 3.8) is 0 Å². The SMILES string of the molecule is CC/C(=C(/C)C(=O)Nc1cc(C(=O)NCCN2CCCC2(C)C)cnc1C)[N+]1(C)C(C)C=C(c2cnn(CC(=O)O)c2)C=CC1CC. The minimum Gasteiger partial charge on any atom is -0.480 e. The fourth-order valence-electron chi connectivity index (χ4n) is 7.14. The number of aryl methyl sites for hydroxylation is 1. The molecule has 2 aromatic heterocycles. The van der Waals surface area contributed by atoms with Crippen molar-refractivity contribution in [2.45, 2.75) is 98.3 Å². The molecule has 2 aliphatic rings. The molecule has 47 heavy (non-hydrogen) atoms. The lowest BCUT2D eigenvalue weighted by Gasteiger charge is -2.45. The number of hydrogen-bond donors (Lipinski definition) is 3. The highest BCUT2D eigenvalue weighted by Crippen LogP contribution is 2.36. The molecule has 0 aliphatic carbocycles. The topological polar surface area (TPSA) is 129 Å². The Morgan fingerprint density at radius 1 is 1.19 bits per heavy atom. The zero-order valence-electron chi connectivity index (χ0n) is 29.3. The summed E-state index contributed by atoms with van der Waals surface area (Å²) in [6.07, 6.45) is 15.3. The Hall–Kier alpha value is -4.09. The average Bonchev–Trinajstić information content (AvgIpc) is 3.59. The Morgan fingerprint density at radius 3 is 2.57 bits per heavy atom. The molecule has 3 atom stereocenters. The summed E-state index contributed by atoms with van der Waals surface area (Å²) < 4.78 is 1.94. The number of carboxylic acid groups (broad SMARTS) is 1. The maximum absolute atomic E-state index is 13.9. The van der Waals surface area contributed by atoms with Crippen molar-refractivity contribution in [1.29, 1.82) is 0 Å². The Bertz CT molecular complexity index is 1590. The van der Waals surface area contributed by atoms with Gasteiger partial charge in [0.15, 0.2) is 0 Å². The number of carbonyl (C=O) groups is 3. The molecule has 0 spiro atoms. The summed E-state index contributed by atoms with van der Waals surface area (Å²) in [6.45, 7) is 16.7. The standard InChI is InChI=1S/C36H51N7O4/c1-9-30-13-12-27(29-21-39-42(22-29)23-33(44)45)18-24(3)43(30,8)32(10-2)25(4)34(46)40-31-19-28(20-38-26(31)5)35(47)37-15-17-41-16-11-14-36(41,6)7/h12-13,18-22,24,30H,9-11,14-17,23H2,1-8H3,(H2-,37,40,44,45,46,47)/p+1/b32-25+. The Labute approximate surface area is 279 Å². The molecule has 1 saturated heterocycles. The van der Waals surface area contributed by atoms with Crippen molar-refractivity contribution in [3.8, 4) is 0 Å². The maximum atomic E-state index is 13.9. The van der Waals surface area contributed by atoms with Crippen LogP contribution in [-0.4, -0.2) is 91.3 Å². The smallest absolute Gasteiger partial charge is 0.325 e. The van der Waals surface area contributed by atoms with Crippen molar-refractivity contribution in [3.05, 3.63) is 71.0 Å². The van der Waals surface area contributed by atoms with Crippen molar-refractivity contribution in [2.24, 2.45) is 0 Å². The Balaban J connectivity index is 1.54. The third-order valence-electron chi connectivity index (χ3n) is 10.2. The number of carboxylic acids is 1. The predicted octanol–water partition coefficient (Wildman–Crippen LogP) is 5.16. The number of quaternary nitrogens is 1. The van der Waals surface area contributed by atoms with Crippen LogP contribution in [0.3, 0.4) is 0 Å². The van der Waals surface area contributed by atoms with E-state index in [2.05, 4.69) is 85.5 Å². The van der Waals surface area contributed by atoms with E-state index in [0.717, 1.165) is 42.8 Å². The third kappa shape index (κ3) is 7.90. The first kappa shape index (κ1) is 35.8. The van der Waals surface area contributed by atoms with E-state index in [1.54, 1.807) is 24.7 Å². The van der Waals surface area contributed by atoms with Gasteiger partial charge in [0.25, 0.3) is 11.8 Å². The van der Waals surface area contributed by atoms with E-state index in [1.165, 1.54) is 11.1 Å². The first-order valence-electron chi connectivity index (χ1n) is 16.7. The van der Waals surface area contributed by atoms with Crippen LogP contribution in [0.1, 0.15) is 88.8 Å². The lowest BCUT2D eigenvalue weighted by molar-refractivity contribution is -0.908. The normalized spacial score (nSPS) is 23.1. The van der Waals surface area contributed by atoms with Gasteiger partial charge in [0.2, 0.25) is 0 Å². The van der Waals surface area contributed by atoms with E-state index in [0.29, 0.717) is 40.0 Å². The van der Waals surface area contributed by atoms with E-state index in [-0.39, 0.29) is 36.0 Å². The van der Waals surface area contributed by atoms with Gasteiger partial charge in [-0.05, 0) is 77.8 Å².